The van der Waals surface area contributed by atoms with Gasteiger partial charge in [-0.05, 0) is 72.2 Å². The number of carbonyl (C=O) groups is 2. The van der Waals surface area contributed by atoms with Gasteiger partial charge in [0, 0.05) is 24.9 Å². The van der Waals surface area contributed by atoms with Crippen molar-refractivity contribution < 1.29 is 49.9 Å². The fraction of sp³-hybridized carbons (Fsp3) is 0.385. The number of rotatable bonds is 22. The Morgan fingerprint density at radius 3 is 2.26 bits per heavy atom. The van der Waals surface area contributed by atoms with E-state index in [0.29, 0.717) is 30.9 Å². The number of H-pyrrole nitrogens is 1. The van der Waals surface area contributed by atoms with Crippen LogP contribution in [0.25, 0.3) is 22.5 Å². The largest absolute Gasteiger partial charge is 0.464 e. The molecule has 310 valence electrons. The smallest absolute Gasteiger partial charge is 0.328 e. The van der Waals surface area contributed by atoms with Crippen LogP contribution in [0.15, 0.2) is 78.9 Å². The Morgan fingerprint density at radius 1 is 0.914 bits per heavy atom. The van der Waals surface area contributed by atoms with Crippen LogP contribution in [0.4, 0.5) is 0 Å². The molecular weight excluding hydrogens is 754 g/mol. The molecule has 2 unspecified atom stereocenters. The van der Waals surface area contributed by atoms with Gasteiger partial charge in [0.15, 0.2) is 5.82 Å². The highest BCUT2D eigenvalue weighted by molar-refractivity contribution is 5.97. The molecule has 2 heterocycles. The lowest BCUT2D eigenvalue weighted by Crippen LogP contribution is -2.45. The minimum absolute atomic E-state index is 0.0507. The Labute approximate surface area is 334 Å². The molecule has 0 saturated carbocycles. The molecule has 19 heteroatoms. The number of imidazole rings is 1. The second-order valence-electron chi connectivity index (χ2n) is 14.0. The maximum absolute atomic E-state index is 14.5. The Kier molecular flexibility index (Phi) is 15.6. The van der Waals surface area contributed by atoms with Crippen molar-refractivity contribution in [3.05, 3.63) is 107 Å². The number of benzene rings is 3. The molecule has 3 aromatic carbocycles. The fourth-order valence-corrected chi connectivity index (χ4v) is 6.39. The lowest BCUT2D eigenvalue weighted by molar-refractivity contribution is -0.527. The Morgan fingerprint density at radius 2 is 1.62 bits per heavy atom. The first-order chi connectivity index (χ1) is 27.8. The van der Waals surface area contributed by atoms with Crippen molar-refractivity contribution in [1.82, 2.24) is 46.3 Å². The van der Waals surface area contributed by atoms with Gasteiger partial charge in [-0.3, -0.25) is 25.6 Å². The van der Waals surface area contributed by atoms with Crippen LogP contribution in [0.2, 0.25) is 0 Å². The van der Waals surface area contributed by atoms with Crippen LogP contribution in [-0.4, -0.2) is 104 Å². The number of ether oxygens (including phenoxy) is 1. The molecular formula is C39H49N9O10. The van der Waals surface area contributed by atoms with Crippen molar-refractivity contribution in [2.45, 2.75) is 83.6 Å². The van der Waals surface area contributed by atoms with E-state index in [1.165, 1.54) is 0 Å². The van der Waals surface area contributed by atoms with E-state index in [9.17, 15) is 14.7 Å². The molecule has 7 N–H and O–H groups in total. The quantitative estimate of drug-likeness (QED) is 0.0291. The SMILES string of the molecule is CCCc1nc(C(C)(C)O)c(C(=O)NC(Cc2ccccc2)C(=O)OCCCCC(CON(O)O)ON(O)O)n1Cc1ccc(-c2ccccc2-c2nnn[nH]2)cc1. The maximum atomic E-state index is 14.5. The van der Waals surface area contributed by atoms with Gasteiger partial charge in [-0.1, -0.05) is 85.8 Å². The summed E-state index contributed by atoms with van der Waals surface area (Å²) in [5.41, 5.74) is 3.10. The Hall–Kier alpha value is -5.48. The highest BCUT2D eigenvalue weighted by Gasteiger charge is 2.34. The molecule has 0 aliphatic carbocycles. The van der Waals surface area contributed by atoms with Gasteiger partial charge in [-0.25, -0.2) is 24.6 Å². The summed E-state index contributed by atoms with van der Waals surface area (Å²) in [6, 6.07) is 23.6. The highest BCUT2D eigenvalue weighted by Crippen LogP contribution is 2.31. The number of aromatic amines is 1. The van der Waals surface area contributed by atoms with Crippen molar-refractivity contribution in [2.75, 3.05) is 13.2 Å². The molecule has 0 saturated heterocycles. The Bertz CT molecular complexity index is 2040. The molecule has 0 fully saturated rings. The number of tetrazole rings is 1. The maximum Gasteiger partial charge on any atom is 0.328 e. The average molecular weight is 804 g/mol. The highest BCUT2D eigenvalue weighted by atomic mass is 17.1. The number of hydrogen-bond acceptors (Lipinski definition) is 16. The second kappa shape index (κ2) is 20.8. The zero-order chi connectivity index (χ0) is 41.7. The minimum Gasteiger partial charge on any atom is -0.464 e. The summed E-state index contributed by atoms with van der Waals surface area (Å²) >= 11 is 0. The zero-order valence-corrected chi connectivity index (χ0v) is 32.4. The zero-order valence-electron chi connectivity index (χ0n) is 32.4. The lowest BCUT2D eigenvalue weighted by atomic mass is 9.98. The van der Waals surface area contributed by atoms with Gasteiger partial charge in [-0.15, -0.1) is 5.10 Å². The molecule has 0 spiro atoms. The molecule has 2 aromatic heterocycles. The first-order valence-corrected chi connectivity index (χ1v) is 18.8. The number of nitrogens with one attached hydrogen (secondary N) is 2. The first kappa shape index (κ1) is 43.6. The number of unbranched alkanes of at least 4 members (excludes halogenated alkanes) is 1. The van der Waals surface area contributed by atoms with Crippen LogP contribution in [0.5, 0.6) is 0 Å². The number of amides is 1. The van der Waals surface area contributed by atoms with E-state index < -0.39 is 47.0 Å². The van der Waals surface area contributed by atoms with Crippen molar-refractivity contribution >= 4 is 11.9 Å². The molecule has 0 aliphatic heterocycles. The minimum atomic E-state index is -1.51. The van der Waals surface area contributed by atoms with Crippen LogP contribution >= 0.6 is 0 Å². The lowest BCUT2D eigenvalue weighted by Gasteiger charge is -2.22. The molecule has 5 rings (SSSR count). The summed E-state index contributed by atoms with van der Waals surface area (Å²) in [5, 5.41) is 63.1. The normalized spacial score (nSPS) is 12.9. The van der Waals surface area contributed by atoms with Crippen LogP contribution < -0.4 is 5.32 Å². The second-order valence-corrected chi connectivity index (χ2v) is 14.0. The molecule has 2 atom stereocenters. The van der Waals surface area contributed by atoms with E-state index in [-0.39, 0.29) is 37.4 Å². The van der Waals surface area contributed by atoms with Crippen LogP contribution in [0.1, 0.15) is 79.6 Å². The van der Waals surface area contributed by atoms with Gasteiger partial charge < -0.3 is 19.7 Å². The van der Waals surface area contributed by atoms with Gasteiger partial charge in [0.05, 0.1) is 17.4 Å². The van der Waals surface area contributed by atoms with Crippen molar-refractivity contribution in [2.24, 2.45) is 0 Å². The molecule has 0 aliphatic rings. The first-order valence-electron chi connectivity index (χ1n) is 18.8. The van der Waals surface area contributed by atoms with Crippen molar-refractivity contribution in [3.63, 3.8) is 0 Å². The molecule has 58 heavy (non-hydrogen) atoms. The predicted molar refractivity (Wildman–Crippen MR) is 203 cm³/mol. The number of aliphatic hydroxyl groups is 1. The fourth-order valence-electron chi connectivity index (χ4n) is 6.39. The Balaban J connectivity index is 1.37. The third-order valence-electron chi connectivity index (χ3n) is 9.10. The third-order valence-corrected chi connectivity index (χ3v) is 9.10. The summed E-state index contributed by atoms with van der Waals surface area (Å²) in [5.74, 6) is -0.169. The van der Waals surface area contributed by atoms with Crippen LogP contribution in [0, 0.1) is 0 Å². The van der Waals surface area contributed by atoms with E-state index >= 15 is 0 Å². The third kappa shape index (κ3) is 12.3. The summed E-state index contributed by atoms with van der Waals surface area (Å²) in [6.07, 6.45) is 1.19. The molecule has 0 bridgehead atoms. The molecule has 5 aromatic rings. The number of nitrogens with zero attached hydrogens (tertiary/aromatic N) is 7. The van der Waals surface area contributed by atoms with Gasteiger partial charge >= 0.3 is 5.97 Å². The van der Waals surface area contributed by atoms with E-state index in [0.717, 1.165) is 34.2 Å². The van der Waals surface area contributed by atoms with Crippen molar-refractivity contribution in [3.8, 4) is 22.5 Å². The predicted octanol–water partition coefficient (Wildman–Crippen LogP) is 4.41. The van der Waals surface area contributed by atoms with E-state index in [2.05, 4.69) is 30.8 Å². The topological polar surface area (TPSA) is 254 Å². The van der Waals surface area contributed by atoms with Gasteiger partial charge in [0.25, 0.3) is 5.91 Å². The number of hydrogen-bond donors (Lipinski definition) is 7. The van der Waals surface area contributed by atoms with E-state index in [1.54, 1.807) is 18.4 Å². The monoisotopic (exact) mass is 803 g/mol. The molecule has 1 amide bonds. The summed E-state index contributed by atoms with van der Waals surface area (Å²) in [7, 11) is 0. The summed E-state index contributed by atoms with van der Waals surface area (Å²) in [6.45, 7) is 4.88. The van der Waals surface area contributed by atoms with Crippen LogP contribution in [0.3, 0.4) is 0 Å². The number of carbonyl (C=O) groups excluding carboxylic acids is 2. The van der Waals surface area contributed by atoms with Crippen LogP contribution in [-0.2, 0) is 44.2 Å². The summed E-state index contributed by atoms with van der Waals surface area (Å²) < 4.78 is 7.40. The number of esters is 1. The average Bonchev–Trinajstić information content (AvgIpc) is 3.86. The number of aryl methyl sites for hydroxylation is 1. The summed E-state index contributed by atoms with van der Waals surface area (Å²) in [4.78, 5) is 42.1. The standard InChI is InChI=1S/C39H49N9O10/c1-4-12-33-41-35(39(2,3)51)34(46(33)24-27-18-20-28(21-19-27)30-16-8-9-17-31(30)36-42-44-45-43-36)37(49)40-32(23-26-13-6-5-7-14-26)38(50)56-22-11-10-15-29(58-48(54)55)25-57-47(52)53/h5-9,13-14,16-21,29,32,51-55H,4,10-12,15,22-25H2,1-3H3,(H,40,49)(H,42,43,44,45). The van der Waals surface area contributed by atoms with Gasteiger partial charge in [-0.2, -0.15) is 0 Å². The van der Waals surface area contributed by atoms with Gasteiger partial charge in [0.1, 0.15) is 41.6 Å². The van der Waals surface area contributed by atoms with E-state index in [4.69, 9.17) is 35.4 Å². The van der Waals surface area contributed by atoms with Crippen molar-refractivity contribution in [1.29, 1.82) is 0 Å². The molecule has 19 nitrogen and oxygen atoms in total. The van der Waals surface area contributed by atoms with Gasteiger partial charge in [0.2, 0.25) is 0 Å². The van der Waals surface area contributed by atoms with E-state index in [1.807, 2.05) is 85.8 Å². The number of aromatic nitrogens is 6. The molecule has 0 radical (unpaired) electrons.